The van der Waals surface area contributed by atoms with Crippen molar-refractivity contribution in [1.82, 2.24) is 9.88 Å². The van der Waals surface area contributed by atoms with Crippen LogP contribution in [0.1, 0.15) is 23.2 Å². The Morgan fingerprint density at radius 2 is 1.81 bits per heavy atom. The minimum absolute atomic E-state index is 0.0206. The molecule has 4 rings (SSSR count). The van der Waals surface area contributed by atoms with Gasteiger partial charge in [-0.25, -0.2) is 4.39 Å². The molecule has 1 fully saturated rings. The number of ether oxygens (including phenoxy) is 1. The molecule has 0 unspecified atom stereocenters. The molecule has 1 amide bonds. The lowest BCUT2D eigenvalue weighted by molar-refractivity contribution is 0.0593. The summed E-state index contributed by atoms with van der Waals surface area (Å²) in [5, 5.41) is 1.04. The van der Waals surface area contributed by atoms with E-state index in [1.54, 1.807) is 23.2 Å². The zero-order valence-electron chi connectivity index (χ0n) is 14.3. The summed E-state index contributed by atoms with van der Waals surface area (Å²) >= 11 is 0. The van der Waals surface area contributed by atoms with Gasteiger partial charge >= 0.3 is 0 Å². The maximum atomic E-state index is 13.8. The number of para-hydroxylation sites is 1. The van der Waals surface area contributed by atoms with E-state index in [1.807, 2.05) is 30.3 Å². The topological polar surface area (TPSA) is 42.4 Å². The molecule has 4 nitrogen and oxygen atoms in total. The van der Waals surface area contributed by atoms with Crippen molar-refractivity contribution in [1.29, 1.82) is 0 Å². The van der Waals surface area contributed by atoms with Crippen molar-refractivity contribution in [2.45, 2.75) is 18.9 Å². The molecule has 0 N–H and O–H groups in total. The van der Waals surface area contributed by atoms with Gasteiger partial charge < -0.3 is 9.64 Å². The predicted octanol–water partition coefficient (Wildman–Crippen LogP) is 4.06. The summed E-state index contributed by atoms with van der Waals surface area (Å²) in [5.74, 6) is 0.0352. The lowest BCUT2D eigenvalue weighted by atomic mass is 10.1. The largest absolute Gasteiger partial charge is 0.488 e. The first kappa shape index (κ1) is 16.5. The van der Waals surface area contributed by atoms with E-state index in [1.165, 1.54) is 12.1 Å². The SMILES string of the molecule is O=C(c1ccccc1F)N1CCC(Oc2cccc3cccnc23)CC1. The van der Waals surface area contributed by atoms with E-state index in [2.05, 4.69) is 4.98 Å². The summed E-state index contributed by atoms with van der Waals surface area (Å²) in [6, 6.07) is 15.9. The summed E-state index contributed by atoms with van der Waals surface area (Å²) in [4.78, 5) is 18.6. The lowest BCUT2D eigenvalue weighted by Gasteiger charge is -2.32. The Balaban J connectivity index is 1.42. The smallest absolute Gasteiger partial charge is 0.256 e. The minimum atomic E-state index is -0.474. The normalized spacial score (nSPS) is 15.2. The number of hydrogen-bond donors (Lipinski definition) is 0. The number of hydrogen-bond acceptors (Lipinski definition) is 3. The van der Waals surface area contributed by atoms with Crippen LogP contribution in [0.2, 0.25) is 0 Å². The van der Waals surface area contributed by atoms with Gasteiger partial charge in [0.25, 0.3) is 5.91 Å². The number of carbonyl (C=O) groups excluding carboxylic acids is 1. The van der Waals surface area contributed by atoms with Gasteiger partial charge in [-0.1, -0.05) is 30.3 Å². The molecule has 2 heterocycles. The molecule has 3 aromatic rings. The van der Waals surface area contributed by atoms with E-state index in [4.69, 9.17) is 4.74 Å². The molecule has 0 atom stereocenters. The molecule has 1 aliphatic heterocycles. The number of aromatic nitrogens is 1. The van der Waals surface area contributed by atoms with Gasteiger partial charge in [0.1, 0.15) is 23.2 Å². The van der Waals surface area contributed by atoms with Gasteiger partial charge in [0.2, 0.25) is 0 Å². The molecule has 2 aromatic carbocycles. The van der Waals surface area contributed by atoms with Crippen molar-refractivity contribution in [3.05, 3.63) is 72.2 Å². The van der Waals surface area contributed by atoms with Crippen LogP contribution in [0.25, 0.3) is 10.9 Å². The zero-order chi connectivity index (χ0) is 17.9. The average Bonchev–Trinajstić information content (AvgIpc) is 2.69. The van der Waals surface area contributed by atoms with E-state index in [9.17, 15) is 9.18 Å². The fourth-order valence-electron chi connectivity index (χ4n) is 3.33. The maximum absolute atomic E-state index is 13.8. The third-order valence-corrected chi connectivity index (χ3v) is 4.72. The van der Waals surface area contributed by atoms with E-state index in [-0.39, 0.29) is 17.6 Å². The van der Waals surface area contributed by atoms with Crippen molar-refractivity contribution in [3.63, 3.8) is 0 Å². The van der Waals surface area contributed by atoms with Crippen LogP contribution in [0, 0.1) is 5.82 Å². The van der Waals surface area contributed by atoms with Crippen LogP contribution in [0.3, 0.4) is 0 Å². The van der Waals surface area contributed by atoms with Gasteiger partial charge in [0, 0.05) is 37.5 Å². The Bertz CT molecular complexity index is 931. The number of halogens is 1. The number of benzene rings is 2. The minimum Gasteiger partial charge on any atom is -0.488 e. The molecule has 5 heteroatoms. The molecule has 0 bridgehead atoms. The molecule has 1 aliphatic rings. The first-order valence-corrected chi connectivity index (χ1v) is 8.76. The summed E-state index contributed by atoms with van der Waals surface area (Å²) in [7, 11) is 0. The highest BCUT2D eigenvalue weighted by Gasteiger charge is 2.26. The Labute approximate surface area is 151 Å². The molecule has 1 saturated heterocycles. The van der Waals surface area contributed by atoms with Crippen molar-refractivity contribution in [3.8, 4) is 5.75 Å². The first-order chi connectivity index (χ1) is 12.7. The van der Waals surface area contributed by atoms with Crippen molar-refractivity contribution in [2.24, 2.45) is 0 Å². The van der Waals surface area contributed by atoms with E-state index < -0.39 is 5.82 Å². The summed E-state index contributed by atoms with van der Waals surface area (Å²) < 4.78 is 20.0. The van der Waals surface area contributed by atoms with Crippen LogP contribution in [0.5, 0.6) is 5.75 Å². The van der Waals surface area contributed by atoms with Gasteiger partial charge in [0.05, 0.1) is 5.56 Å². The van der Waals surface area contributed by atoms with Gasteiger partial charge in [0.15, 0.2) is 0 Å². The van der Waals surface area contributed by atoms with Crippen LogP contribution >= 0.6 is 0 Å². The maximum Gasteiger partial charge on any atom is 0.256 e. The van der Waals surface area contributed by atoms with Gasteiger partial charge in [-0.2, -0.15) is 0 Å². The molecule has 0 spiro atoms. The summed E-state index contributed by atoms with van der Waals surface area (Å²) in [5.41, 5.74) is 0.977. The molecule has 0 saturated carbocycles. The lowest BCUT2D eigenvalue weighted by Crippen LogP contribution is -2.42. The van der Waals surface area contributed by atoms with Gasteiger partial charge in [-0.3, -0.25) is 9.78 Å². The van der Waals surface area contributed by atoms with Crippen LogP contribution in [-0.2, 0) is 0 Å². The molecule has 26 heavy (non-hydrogen) atoms. The van der Waals surface area contributed by atoms with Crippen LogP contribution in [-0.4, -0.2) is 35.0 Å². The second-order valence-electron chi connectivity index (χ2n) is 6.42. The number of nitrogens with zero attached hydrogens (tertiary/aromatic N) is 2. The first-order valence-electron chi connectivity index (χ1n) is 8.76. The molecule has 1 aromatic heterocycles. The monoisotopic (exact) mass is 350 g/mol. The van der Waals surface area contributed by atoms with Crippen LogP contribution in [0.15, 0.2) is 60.8 Å². The molecular weight excluding hydrogens is 331 g/mol. The fraction of sp³-hybridized carbons (Fsp3) is 0.238. The van der Waals surface area contributed by atoms with Crippen molar-refractivity contribution in [2.75, 3.05) is 13.1 Å². The number of amides is 1. The number of pyridine rings is 1. The molecule has 0 radical (unpaired) electrons. The quantitative estimate of drug-likeness (QED) is 0.715. The Morgan fingerprint density at radius 3 is 2.62 bits per heavy atom. The second kappa shape index (κ2) is 7.12. The number of piperidine rings is 1. The van der Waals surface area contributed by atoms with Gasteiger partial charge in [-0.15, -0.1) is 0 Å². The third-order valence-electron chi connectivity index (χ3n) is 4.72. The standard InChI is InChI=1S/C21H19FN2O2/c22-18-8-2-1-7-17(18)21(25)24-13-10-16(11-14-24)26-19-9-3-5-15-6-4-12-23-20(15)19/h1-9,12,16H,10-11,13-14H2. The fourth-order valence-corrected chi connectivity index (χ4v) is 3.33. The summed E-state index contributed by atoms with van der Waals surface area (Å²) in [6.45, 7) is 1.10. The zero-order valence-corrected chi connectivity index (χ0v) is 14.3. The van der Waals surface area contributed by atoms with Crippen LogP contribution < -0.4 is 4.74 Å². The second-order valence-corrected chi connectivity index (χ2v) is 6.42. The van der Waals surface area contributed by atoms with Crippen LogP contribution in [0.4, 0.5) is 4.39 Å². The number of rotatable bonds is 3. The van der Waals surface area contributed by atoms with E-state index >= 15 is 0 Å². The third kappa shape index (κ3) is 3.25. The highest BCUT2D eigenvalue weighted by atomic mass is 19.1. The molecule has 132 valence electrons. The average molecular weight is 350 g/mol. The molecular formula is C21H19FN2O2. The predicted molar refractivity (Wildman–Crippen MR) is 97.7 cm³/mol. The highest BCUT2D eigenvalue weighted by molar-refractivity contribution is 5.94. The number of likely N-dealkylation sites (tertiary alicyclic amines) is 1. The van der Waals surface area contributed by atoms with Crippen molar-refractivity contribution >= 4 is 16.8 Å². The molecule has 0 aliphatic carbocycles. The Morgan fingerprint density at radius 1 is 1.04 bits per heavy atom. The number of fused-ring (bicyclic) bond motifs is 1. The number of carbonyl (C=O) groups is 1. The Kier molecular flexibility index (Phi) is 4.52. The Hall–Kier alpha value is -2.95. The highest BCUT2D eigenvalue weighted by Crippen LogP contribution is 2.26. The summed E-state index contributed by atoms with van der Waals surface area (Å²) in [6.07, 6.45) is 3.20. The van der Waals surface area contributed by atoms with E-state index in [0.29, 0.717) is 25.9 Å². The van der Waals surface area contributed by atoms with Gasteiger partial charge in [-0.05, 0) is 24.3 Å². The van der Waals surface area contributed by atoms with E-state index in [0.717, 1.165) is 16.7 Å². The van der Waals surface area contributed by atoms with Crippen molar-refractivity contribution < 1.29 is 13.9 Å².